The molecule has 20 heteroatoms. The maximum absolute atomic E-state index is 14.0. The average molecular weight is 1060 g/mol. The zero-order chi connectivity index (χ0) is 56.0. The fourth-order valence-corrected chi connectivity index (χ4v) is 8.45. The minimum atomic E-state index is -1.34. The lowest BCUT2D eigenvalue weighted by Gasteiger charge is -2.27. The molecule has 8 atom stereocenters. The standard InChI is InChI=1S/C56H85N11O9/c1-36(2)32-47(66-50(69)42(60)35-40-22-12-7-13-23-40)54(73)64-44(26-17-30-58)52(71)65-46(56(75)76)24-14-15-31-61-51(70)43(25-16-29-57)63-55(74)48(33-37(3)4)67-53(72)45(28-27-38-18-8-5-9-19-38)62-49(68)41(59)34-39-20-10-6-11-21-39/h5-13,18-23,36-37,41-48H,14-17,24-35,57-60H2,1-4H3,(H,61,70)(H,62,68)(H,63,74)(H,64,73)(H,65,71)(H,66,69)(H,67,72)(H,75,76)/t41-,42-,43-,44-,45-,46+,47-,48-/m1/s1. The van der Waals surface area contributed by atoms with E-state index in [-0.39, 0.29) is 89.3 Å². The molecule has 0 heterocycles. The van der Waals surface area contributed by atoms with E-state index >= 15 is 0 Å². The fourth-order valence-electron chi connectivity index (χ4n) is 8.45. The van der Waals surface area contributed by atoms with E-state index in [2.05, 4.69) is 37.2 Å². The number of amides is 7. The van der Waals surface area contributed by atoms with Crippen molar-refractivity contribution in [2.24, 2.45) is 34.8 Å². The van der Waals surface area contributed by atoms with Gasteiger partial charge in [0.1, 0.15) is 36.3 Å². The first kappa shape index (κ1) is 63.6. The molecule has 3 aromatic carbocycles. The maximum atomic E-state index is 14.0. The number of unbranched alkanes of at least 4 members (excludes halogenated alkanes) is 1. The van der Waals surface area contributed by atoms with Gasteiger partial charge in [-0.1, -0.05) is 119 Å². The van der Waals surface area contributed by atoms with Crippen LogP contribution in [0.1, 0.15) is 109 Å². The molecule has 3 rings (SSSR count). The molecule has 0 fully saturated rings. The van der Waals surface area contributed by atoms with E-state index in [0.717, 1.165) is 16.7 Å². The van der Waals surface area contributed by atoms with Crippen molar-refractivity contribution in [2.45, 2.75) is 160 Å². The summed E-state index contributed by atoms with van der Waals surface area (Å²) >= 11 is 0. The van der Waals surface area contributed by atoms with Gasteiger partial charge in [-0.25, -0.2) is 4.79 Å². The Hall–Kier alpha value is -6.74. The van der Waals surface area contributed by atoms with Crippen molar-refractivity contribution in [1.29, 1.82) is 0 Å². The van der Waals surface area contributed by atoms with Crippen LogP contribution in [0.4, 0.5) is 0 Å². The number of nitrogens with one attached hydrogen (secondary N) is 7. The molecule has 0 saturated heterocycles. The summed E-state index contributed by atoms with van der Waals surface area (Å²) in [7, 11) is 0. The number of benzene rings is 3. The third-order valence-corrected chi connectivity index (χ3v) is 12.6. The minimum Gasteiger partial charge on any atom is -0.480 e. The van der Waals surface area contributed by atoms with E-state index in [9.17, 15) is 43.5 Å². The number of nitrogens with two attached hydrogens (primary N) is 4. The van der Waals surface area contributed by atoms with Crippen LogP contribution >= 0.6 is 0 Å². The van der Waals surface area contributed by atoms with Crippen LogP contribution in [0.2, 0.25) is 0 Å². The van der Waals surface area contributed by atoms with Gasteiger partial charge in [-0.05, 0) is 125 Å². The van der Waals surface area contributed by atoms with Crippen LogP contribution < -0.4 is 60.2 Å². The van der Waals surface area contributed by atoms with Crippen LogP contribution in [0.15, 0.2) is 91.0 Å². The zero-order valence-electron chi connectivity index (χ0n) is 44.8. The van der Waals surface area contributed by atoms with E-state index in [1.165, 1.54) is 0 Å². The molecule has 0 unspecified atom stereocenters. The second-order valence-corrected chi connectivity index (χ2v) is 20.2. The fraction of sp³-hybridized carbons (Fsp3) is 0.536. The molecule has 0 aliphatic carbocycles. The number of aryl methyl sites for hydroxylation is 1. The molecular weight excluding hydrogens is 971 g/mol. The van der Waals surface area contributed by atoms with Gasteiger partial charge in [0, 0.05) is 6.54 Å². The highest BCUT2D eigenvalue weighted by Gasteiger charge is 2.33. The molecule has 3 aromatic rings. The van der Waals surface area contributed by atoms with Crippen LogP contribution in [0.25, 0.3) is 0 Å². The number of aliphatic carboxylic acids is 1. The maximum Gasteiger partial charge on any atom is 0.326 e. The molecule has 0 radical (unpaired) electrons. The molecule has 7 amide bonds. The van der Waals surface area contributed by atoms with E-state index in [1.807, 2.05) is 119 Å². The Morgan fingerprint density at radius 3 is 1.18 bits per heavy atom. The SMILES string of the molecule is CC(C)C[C@@H](NC(=O)[C@H](N)Cc1ccccc1)C(=O)N[C@H](CCCN)C(=O)N[C@@H](CCCCNC(=O)[C@@H](CCCN)NC(=O)[C@@H](CC(C)C)NC(=O)[C@@H](CCc1ccccc1)NC(=O)[C@H](N)Cc1ccccc1)C(=O)O. The van der Waals surface area contributed by atoms with E-state index in [4.69, 9.17) is 22.9 Å². The van der Waals surface area contributed by atoms with E-state index < -0.39 is 95.7 Å². The van der Waals surface area contributed by atoms with Gasteiger partial charge in [0.05, 0.1) is 12.1 Å². The Kier molecular flexibility index (Phi) is 29.1. The zero-order valence-corrected chi connectivity index (χ0v) is 44.8. The van der Waals surface area contributed by atoms with Crippen molar-refractivity contribution in [3.8, 4) is 0 Å². The quantitative estimate of drug-likeness (QED) is 0.0369. The summed E-state index contributed by atoms with van der Waals surface area (Å²) in [6, 6.07) is 19.4. The molecule has 0 spiro atoms. The molecule has 418 valence electrons. The van der Waals surface area contributed by atoms with Gasteiger partial charge in [-0.3, -0.25) is 33.6 Å². The Bertz CT molecular complexity index is 2260. The summed E-state index contributed by atoms with van der Waals surface area (Å²) in [6.45, 7) is 8.07. The molecule has 0 aliphatic heterocycles. The Balaban J connectivity index is 1.62. The van der Waals surface area contributed by atoms with Gasteiger partial charge in [0.2, 0.25) is 41.4 Å². The number of carboxylic acid groups (broad SMARTS) is 1. The summed E-state index contributed by atoms with van der Waals surface area (Å²) in [5.41, 5.74) is 26.7. The summed E-state index contributed by atoms with van der Waals surface area (Å²) in [4.78, 5) is 108. The van der Waals surface area contributed by atoms with Crippen molar-refractivity contribution < 1.29 is 43.5 Å². The van der Waals surface area contributed by atoms with Gasteiger partial charge in [0.15, 0.2) is 0 Å². The lowest BCUT2D eigenvalue weighted by molar-refractivity contribution is -0.142. The van der Waals surface area contributed by atoms with Crippen molar-refractivity contribution in [3.63, 3.8) is 0 Å². The van der Waals surface area contributed by atoms with Crippen molar-refractivity contribution >= 4 is 47.3 Å². The number of carbonyl (C=O) groups is 8. The van der Waals surface area contributed by atoms with Crippen LogP contribution in [0, 0.1) is 11.8 Å². The highest BCUT2D eigenvalue weighted by Crippen LogP contribution is 2.13. The predicted molar refractivity (Wildman–Crippen MR) is 293 cm³/mol. The first-order valence-electron chi connectivity index (χ1n) is 26.7. The minimum absolute atomic E-state index is 0.0183. The van der Waals surface area contributed by atoms with Gasteiger partial charge < -0.3 is 65.3 Å². The van der Waals surface area contributed by atoms with Gasteiger partial charge in [-0.15, -0.1) is 0 Å². The summed E-state index contributed by atoms with van der Waals surface area (Å²) in [6.07, 6.45) is 3.19. The lowest BCUT2D eigenvalue weighted by Crippen LogP contribution is -2.58. The smallest absolute Gasteiger partial charge is 0.326 e. The number of carboxylic acids is 1. The molecule has 0 aromatic heterocycles. The van der Waals surface area contributed by atoms with Gasteiger partial charge in [0.25, 0.3) is 0 Å². The largest absolute Gasteiger partial charge is 0.480 e. The Labute approximate surface area is 448 Å². The van der Waals surface area contributed by atoms with Crippen LogP contribution in [0.3, 0.4) is 0 Å². The normalized spacial score (nSPS) is 14.4. The van der Waals surface area contributed by atoms with Crippen molar-refractivity contribution in [1.82, 2.24) is 37.2 Å². The first-order valence-corrected chi connectivity index (χ1v) is 26.7. The second kappa shape index (κ2) is 34.8. The monoisotopic (exact) mass is 1060 g/mol. The first-order chi connectivity index (χ1) is 36.3. The Morgan fingerprint density at radius 1 is 0.421 bits per heavy atom. The predicted octanol–water partition coefficient (Wildman–Crippen LogP) is 1.61. The van der Waals surface area contributed by atoms with Crippen LogP contribution in [0.5, 0.6) is 0 Å². The second-order valence-electron chi connectivity index (χ2n) is 20.2. The number of carbonyl (C=O) groups excluding carboxylic acids is 7. The molecule has 20 nitrogen and oxygen atoms in total. The van der Waals surface area contributed by atoms with E-state index in [0.29, 0.717) is 25.7 Å². The molecule has 0 bridgehead atoms. The van der Waals surface area contributed by atoms with Crippen molar-refractivity contribution in [2.75, 3.05) is 19.6 Å². The average Bonchev–Trinajstić information content (AvgIpc) is 3.39. The van der Waals surface area contributed by atoms with Gasteiger partial charge >= 0.3 is 5.97 Å². The molecule has 76 heavy (non-hydrogen) atoms. The number of hydrogen-bond donors (Lipinski definition) is 12. The number of rotatable bonds is 36. The van der Waals surface area contributed by atoms with Crippen LogP contribution in [-0.2, 0) is 57.6 Å². The molecule has 0 aliphatic rings. The van der Waals surface area contributed by atoms with Crippen molar-refractivity contribution in [3.05, 3.63) is 108 Å². The third kappa shape index (κ3) is 24.3. The molecule has 16 N–H and O–H groups in total. The molecular formula is C56H85N11O9. The molecule has 0 saturated carbocycles. The third-order valence-electron chi connectivity index (χ3n) is 12.6. The lowest BCUT2D eigenvalue weighted by atomic mass is 10.00. The number of hydrogen-bond acceptors (Lipinski definition) is 12. The Morgan fingerprint density at radius 2 is 0.763 bits per heavy atom. The highest BCUT2D eigenvalue weighted by atomic mass is 16.4. The summed E-state index contributed by atoms with van der Waals surface area (Å²) in [5.74, 6) is -5.50. The highest BCUT2D eigenvalue weighted by molar-refractivity contribution is 5.96. The summed E-state index contributed by atoms with van der Waals surface area (Å²) < 4.78 is 0. The summed E-state index contributed by atoms with van der Waals surface area (Å²) in [5, 5.41) is 29.3. The van der Waals surface area contributed by atoms with Gasteiger partial charge in [-0.2, -0.15) is 0 Å². The topological polar surface area (TPSA) is 345 Å². The van der Waals surface area contributed by atoms with E-state index in [1.54, 1.807) is 0 Å². The van der Waals surface area contributed by atoms with Crippen LogP contribution in [-0.4, -0.2) is 120 Å².